The zero-order valence-electron chi connectivity index (χ0n) is 12.4. The molecule has 1 atom stereocenters. The summed E-state index contributed by atoms with van der Waals surface area (Å²) in [6, 6.07) is 2.76. The number of benzene rings is 1. The van der Waals surface area contributed by atoms with Crippen LogP contribution in [-0.2, 0) is 15.9 Å². The maximum Gasteiger partial charge on any atom is 0.243 e. The Morgan fingerprint density at radius 3 is 2.76 bits per heavy atom. The average molecular weight is 334 g/mol. The van der Waals surface area contributed by atoms with Gasteiger partial charge in [-0.25, -0.2) is 12.8 Å². The van der Waals surface area contributed by atoms with Crippen LogP contribution in [0, 0.1) is 18.7 Å². The van der Waals surface area contributed by atoms with Gasteiger partial charge in [-0.3, -0.25) is 0 Å². The van der Waals surface area contributed by atoms with E-state index < -0.39 is 15.8 Å². The van der Waals surface area contributed by atoms with Crippen molar-refractivity contribution in [1.29, 1.82) is 0 Å². The number of hydrogen-bond donors (Lipinski definition) is 0. The molecule has 0 aliphatic carbocycles. The van der Waals surface area contributed by atoms with E-state index in [1.54, 1.807) is 6.92 Å². The molecule has 21 heavy (non-hydrogen) atoms. The fourth-order valence-electron chi connectivity index (χ4n) is 2.78. The molecule has 1 aromatic carbocycles. The molecule has 0 saturated carbocycles. The minimum absolute atomic E-state index is 0.0341. The largest absolute Gasteiger partial charge is 0.243 e. The fraction of sp³-hybridized carbons (Fsp3) is 0.600. The van der Waals surface area contributed by atoms with Crippen molar-refractivity contribution in [3.8, 4) is 0 Å². The molecule has 118 valence electrons. The molecule has 1 saturated heterocycles. The van der Waals surface area contributed by atoms with Crippen LogP contribution in [0.15, 0.2) is 17.0 Å². The lowest BCUT2D eigenvalue weighted by Crippen LogP contribution is -2.39. The summed E-state index contributed by atoms with van der Waals surface area (Å²) in [6.45, 7) is 4.72. The number of halogens is 2. The lowest BCUT2D eigenvalue weighted by Gasteiger charge is -2.31. The van der Waals surface area contributed by atoms with Crippen LogP contribution in [-0.4, -0.2) is 25.8 Å². The molecule has 3 nitrogen and oxygen atoms in total. The Bertz CT molecular complexity index is 618. The van der Waals surface area contributed by atoms with Crippen molar-refractivity contribution < 1.29 is 12.8 Å². The molecule has 1 aliphatic rings. The van der Waals surface area contributed by atoms with Crippen LogP contribution in [0.3, 0.4) is 0 Å². The highest BCUT2D eigenvalue weighted by Gasteiger charge is 2.30. The smallest absolute Gasteiger partial charge is 0.207 e. The minimum Gasteiger partial charge on any atom is -0.207 e. The van der Waals surface area contributed by atoms with E-state index in [1.807, 2.05) is 0 Å². The third-order valence-corrected chi connectivity index (χ3v) is 6.28. The van der Waals surface area contributed by atoms with Gasteiger partial charge in [0.15, 0.2) is 0 Å². The molecule has 0 amide bonds. The lowest BCUT2D eigenvalue weighted by atomic mass is 9.97. The second-order valence-corrected chi connectivity index (χ2v) is 7.83. The van der Waals surface area contributed by atoms with E-state index in [2.05, 4.69) is 6.92 Å². The SMILES string of the molecule is CCC1CCCN(S(=O)(=O)c2cc(C)c(F)c(CCl)c2)C1. The first kappa shape index (κ1) is 16.7. The van der Waals surface area contributed by atoms with Gasteiger partial charge in [0.2, 0.25) is 10.0 Å². The van der Waals surface area contributed by atoms with Crippen LogP contribution in [0.1, 0.15) is 37.3 Å². The number of aryl methyl sites for hydroxylation is 1. The zero-order chi connectivity index (χ0) is 15.6. The number of rotatable bonds is 4. The maximum absolute atomic E-state index is 13.8. The maximum atomic E-state index is 13.8. The lowest BCUT2D eigenvalue weighted by molar-refractivity contribution is 0.261. The summed E-state index contributed by atoms with van der Waals surface area (Å²) in [6.07, 6.45) is 2.92. The van der Waals surface area contributed by atoms with Gasteiger partial charge in [0.25, 0.3) is 0 Å². The Hall–Kier alpha value is -0.650. The van der Waals surface area contributed by atoms with Crippen molar-refractivity contribution >= 4 is 21.6 Å². The molecular weight excluding hydrogens is 313 g/mol. The highest BCUT2D eigenvalue weighted by atomic mass is 35.5. The van der Waals surface area contributed by atoms with Gasteiger partial charge in [0.05, 0.1) is 10.8 Å². The normalized spacial score (nSPS) is 20.7. The Morgan fingerprint density at radius 1 is 1.43 bits per heavy atom. The van der Waals surface area contributed by atoms with Crippen LogP contribution >= 0.6 is 11.6 Å². The van der Waals surface area contributed by atoms with Crippen molar-refractivity contribution in [2.24, 2.45) is 5.92 Å². The van der Waals surface area contributed by atoms with Gasteiger partial charge in [-0.1, -0.05) is 13.3 Å². The van der Waals surface area contributed by atoms with E-state index >= 15 is 0 Å². The molecular formula is C15H21ClFNO2S. The molecule has 1 heterocycles. The summed E-state index contributed by atoms with van der Waals surface area (Å²) in [5.74, 6) is -0.0511. The standard InChI is InChI=1S/C15H21ClFNO2S/c1-3-12-5-4-6-18(10-12)21(19,20)14-7-11(2)15(17)13(8-14)9-16/h7-8,12H,3-6,9-10H2,1-2H3. The van der Waals surface area contributed by atoms with Gasteiger partial charge >= 0.3 is 0 Å². The Morgan fingerprint density at radius 2 is 2.14 bits per heavy atom. The van der Waals surface area contributed by atoms with E-state index in [9.17, 15) is 12.8 Å². The molecule has 1 unspecified atom stereocenters. The van der Waals surface area contributed by atoms with Crippen molar-refractivity contribution in [3.63, 3.8) is 0 Å². The summed E-state index contributed by atoms with van der Waals surface area (Å²) in [5.41, 5.74) is 0.551. The van der Waals surface area contributed by atoms with Crippen molar-refractivity contribution in [1.82, 2.24) is 4.31 Å². The molecule has 1 fully saturated rings. The van der Waals surface area contributed by atoms with Crippen molar-refractivity contribution in [2.75, 3.05) is 13.1 Å². The van der Waals surface area contributed by atoms with E-state index in [4.69, 9.17) is 11.6 Å². The van der Waals surface area contributed by atoms with Crippen molar-refractivity contribution in [2.45, 2.75) is 43.9 Å². The molecule has 0 aromatic heterocycles. The second-order valence-electron chi connectivity index (χ2n) is 5.63. The minimum atomic E-state index is -3.57. The van der Waals surface area contributed by atoms with E-state index in [0.29, 0.717) is 24.6 Å². The van der Waals surface area contributed by atoms with Crippen LogP contribution in [0.25, 0.3) is 0 Å². The number of hydrogen-bond acceptors (Lipinski definition) is 2. The number of sulfonamides is 1. The number of alkyl halides is 1. The molecule has 0 radical (unpaired) electrons. The average Bonchev–Trinajstić information content (AvgIpc) is 2.49. The first-order valence-corrected chi connectivity index (χ1v) is 9.22. The Labute approximate surface area is 131 Å². The first-order chi connectivity index (χ1) is 9.90. The number of nitrogens with zero attached hydrogens (tertiary/aromatic N) is 1. The van der Waals surface area contributed by atoms with Gasteiger partial charge in [-0.15, -0.1) is 11.6 Å². The molecule has 0 bridgehead atoms. The van der Waals surface area contributed by atoms with E-state index in [0.717, 1.165) is 19.3 Å². The van der Waals surface area contributed by atoms with Crippen LogP contribution in [0.5, 0.6) is 0 Å². The predicted octanol–water partition coefficient (Wildman–Crippen LogP) is 3.68. The molecule has 0 N–H and O–H groups in total. The monoisotopic (exact) mass is 333 g/mol. The van der Waals surface area contributed by atoms with Crippen LogP contribution < -0.4 is 0 Å². The van der Waals surface area contributed by atoms with E-state index in [-0.39, 0.29) is 16.3 Å². The van der Waals surface area contributed by atoms with Crippen molar-refractivity contribution in [3.05, 3.63) is 29.1 Å². The highest BCUT2D eigenvalue weighted by molar-refractivity contribution is 7.89. The zero-order valence-corrected chi connectivity index (χ0v) is 14.0. The summed E-state index contributed by atoms with van der Waals surface area (Å²) in [5, 5.41) is 0. The summed E-state index contributed by atoms with van der Waals surface area (Å²) >= 11 is 5.71. The van der Waals surface area contributed by atoms with Gasteiger partial charge < -0.3 is 0 Å². The molecule has 0 spiro atoms. The van der Waals surface area contributed by atoms with Gasteiger partial charge in [0.1, 0.15) is 5.82 Å². The Balaban J connectivity index is 2.37. The highest BCUT2D eigenvalue weighted by Crippen LogP contribution is 2.27. The van der Waals surface area contributed by atoms with Gasteiger partial charge in [0, 0.05) is 18.7 Å². The van der Waals surface area contributed by atoms with E-state index in [1.165, 1.54) is 16.4 Å². The summed E-state index contributed by atoms with van der Waals surface area (Å²) in [7, 11) is -3.57. The third kappa shape index (κ3) is 3.41. The summed E-state index contributed by atoms with van der Waals surface area (Å²) in [4.78, 5) is 0.147. The predicted molar refractivity (Wildman–Crippen MR) is 82.5 cm³/mol. The van der Waals surface area contributed by atoms with Gasteiger partial charge in [-0.05, 0) is 43.4 Å². The molecule has 1 aromatic rings. The topological polar surface area (TPSA) is 37.4 Å². The van der Waals surface area contributed by atoms with Gasteiger partial charge in [-0.2, -0.15) is 4.31 Å². The molecule has 1 aliphatic heterocycles. The molecule has 6 heteroatoms. The second kappa shape index (κ2) is 6.63. The first-order valence-electron chi connectivity index (χ1n) is 7.25. The Kier molecular flexibility index (Phi) is 5.28. The molecule has 2 rings (SSSR count). The van der Waals surface area contributed by atoms with Crippen LogP contribution in [0.2, 0.25) is 0 Å². The third-order valence-electron chi connectivity index (χ3n) is 4.14. The summed E-state index contributed by atoms with van der Waals surface area (Å²) < 4.78 is 40.8. The van der Waals surface area contributed by atoms with Crippen LogP contribution in [0.4, 0.5) is 4.39 Å². The quantitative estimate of drug-likeness (QED) is 0.788. The fourth-order valence-corrected chi connectivity index (χ4v) is 4.67. The number of piperidine rings is 1.